The van der Waals surface area contributed by atoms with E-state index in [0.29, 0.717) is 22.6 Å². The SMILES string of the molecule is COc1ccccc1/C=C(/NC(=O)c1ccccc1)C(=O)Nc1cccc(SC(C(=O)Nc2cc(C)ccc2C)c2ccccc2)c1. The standard InChI is InChI=1S/C39H35N3O4S/c1-26-21-22-27(2)33(23-26)41-39(45)36(28-13-6-4-7-14-28)47-32-19-12-18-31(25-32)40-38(44)34(24-30-17-10-11-20-35(30)46-3)42-37(43)29-15-8-5-9-16-29/h4-25,36H,1-3H3,(H,40,44)(H,41,45)(H,42,43)/b34-24+. The van der Waals surface area contributed by atoms with Gasteiger partial charge in [0.15, 0.2) is 0 Å². The van der Waals surface area contributed by atoms with Crippen molar-refractivity contribution >= 4 is 46.9 Å². The number of carbonyl (C=O) groups excluding carboxylic acids is 3. The average Bonchev–Trinajstić information content (AvgIpc) is 3.09. The minimum atomic E-state index is -0.562. The van der Waals surface area contributed by atoms with Crippen LogP contribution in [0.25, 0.3) is 6.08 Å². The number of amides is 3. The summed E-state index contributed by atoms with van der Waals surface area (Å²) in [6.45, 7) is 3.95. The first-order valence-corrected chi connectivity index (χ1v) is 15.9. The molecular weight excluding hydrogens is 607 g/mol. The Kier molecular flexibility index (Phi) is 10.9. The van der Waals surface area contributed by atoms with E-state index in [1.165, 1.54) is 11.8 Å². The lowest BCUT2D eigenvalue weighted by Gasteiger charge is -2.19. The summed E-state index contributed by atoms with van der Waals surface area (Å²) < 4.78 is 5.47. The fourth-order valence-electron chi connectivity index (χ4n) is 4.83. The molecular formula is C39H35N3O4S. The van der Waals surface area contributed by atoms with Crippen LogP contribution in [0.5, 0.6) is 5.75 Å². The van der Waals surface area contributed by atoms with Crippen LogP contribution in [0.2, 0.25) is 0 Å². The molecule has 0 spiro atoms. The Morgan fingerprint density at radius 1 is 0.745 bits per heavy atom. The van der Waals surface area contributed by atoms with E-state index in [0.717, 1.165) is 27.3 Å². The Morgan fingerprint density at radius 2 is 1.45 bits per heavy atom. The van der Waals surface area contributed by atoms with E-state index in [9.17, 15) is 14.4 Å². The first-order chi connectivity index (χ1) is 22.8. The van der Waals surface area contributed by atoms with E-state index in [4.69, 9.17) is 4.74 Å². The highest BCUT2D eigenvalue weighted by Gasteiger charge is 2.23. The van der Waals surface area contributed by atoms with Gasteiger partial charge in [-0.1, -0.05) is 84.9 Å². The highest BCUT2D eigenvalue weighted by molar-refractivity contribution is 8.00. The van der Waals surface area contributed by atoms with Gasteiger partial charge in [-0.2, -0.15) is 0 Å². The number of hydrogen-bond donors (Lipinski definition) is 3. The molecule has 0 aliphatic heterocycles. The third kappa shape index (κ3) is 8.77. The molecule has 0 bridgehead atoms. The average molecular weight is 642 g/mol. The van der Waals surface area contributed by atoms with E-state index in [-0.39, 0.29) is 11.6 Å². The molecule has 0 radical (unpaired) electrons. The topological polar surface area (TPSA) is 96.5 Å². The van der Waals surface area contributed by atoms with Crippen LogP contribution < -0.4 is 20.7 Å². The maximum absolute atomic E-state index is 13.7. The van der Waals surface area contributed by atoms with Gasteiger partial charge in [0, 0.05) is 27.4 Å². The van der Waals surface area contributed by atoms with Gasteiger partial charge in [0.05, 0.1) is 7.11 Å². The molecule has 0 saturated heterocycles. The number of hydrogen-bond acceptors (Lipinski definition) is 5. The molecule has 0 aliphatic carbocycles. The van der Waals surface area contributed by atoms with E-state index >= 15 is 0 Å². The number of thioether (sulfide) groups is 1. The predicted octanol–water partition coefficient (Wildman–Crippen LogP) is 8.19. The highest BCUT2D eigenvalue weighted by Crippen LogP contribution is 2.37. The molecule has 7 nitrogen and oxygen atoms in total. The summed E-state index contributed by atoms with van der Waals surface area (Å²) in [7, 11) is 1.54. The molecule has 8 heteroatoms. The molecule has 0 aliphatic rings. The molecule has 0 aromatic heterocycles. The lowest BCUT2D eigenvalue weighted by molar-refractivity contribution is -0.116. The molecule has 5 aromatic rings. The second kappa shape index (κ2) is 15.6. The molecule has 5 aromatic carbocycles. The molecule has 0 saturated carbocycles. The van der Waals surface area contributed by atoms with Crippen LogP contribution in [-0.4, -0.2) is 24.8 Å². The summed E-state index contributed by atoms with van der Waals surface area (Å²) in [6, 6.07) is 38.7. The molecule has 47 heavy (non-hydrogen) atoms. The second-order valence-corrected chi connectivity index (χ2v) is 12.0. The van der Waals surface area contributed by atoms with Gasteiger partial charge in [-0.3, -0.25) is 14.4 Å². The largest absolute Gasteiger partial charge is 0.496 e. The van der Waals surface area contributed by atoms with Crippen molar-refractivity contribution in [1.29, 1.82) is 0 Å². The third-order valence-electron chi connectivity index (χ3n) is 7.30. The summed E-state index contributed by atoms with van der Waals surface area (Å²) in [4.78, 5) is 41.3. The van der Waals surface area contributed by atoms with Crippen molar-refractivity contribution in [1.82, 2.24) is 5.32 Å². The summed E-state index contributed by atoms with van der Waals surface area (Å²) in [6.07, 6.45) is 1.58. The molecule has 1 unspecified atom stereocenters. The van der Waals surface area contributed by atoms with Gasteiger partial charge in [-0.25, -0.2) is 0 Å². The number of methoxy groups -OCH3 is 1. The maximum atomic E-state index is 13.7. The minimum Gasteiger partial charge on any atom is -0.496 e. The lowest BCUT2D eigenvalue weighted by atomic mass is 10.1. The summed E-state index contributed by atoms with van der Waals surface area (Å²) in [5, 5.41) is 8.23. The van der Waals surface area contributed by atoms with Crippen LogP contribution in [0.1, 0.15) is 37.9 Å². The van der Waals surface area contributed by atoms with E-state index in [1.807, 2.05) is 98.8 Å². The van der Waals surface area contributed by atoms with Crippen molar-refractivity contribution < 1.29 is 19.1 Å². The second-order valence-electron chi connectivity index (χ2n) is 10.8. The lowest BCUT2D eigenvalue weighted by Crippen LogP contribution is -2.30. The number of anilines is 2. The number of benzene rings is 5. The van der Waals surface area contributed by atoms with Gasteiger partial charge < -0.3 is 20.7 Å². The first kappa shape index (κ1) is 32.8. The van der Waals surface area contributed by atoms with Crippen LogP contribution >= 0.6 is 11.8 Å². The number of rotatable bonds is 11. The zero-order valence-electron chi connectivity index (χ0n) is 26.3. The van der Waals surface area contributed by atoms with Gasteiger partial charge in [0.1, 0.15) is 16.7 Å². The number of carbonyl (C=O) groups is 3. The Labute approximate surface area is 279 Å². The Bertz CT molecular complexity index is 1910. The van der Waals surface area contributed by atoms with Crippen molar-refractivity contribution in [2.24, 2.45) is 0 Å². The van der Waals surface area contributed by atoms with Gasteiger partial charge >= 0.3 is 0 Å². The first-order valence-electron chi connectivity index (χ1n) is 15.0. The number of para-hydroxylation sites is 1. The van der Waals surface area contributed by atoms with Gasteiger partial charge in [0.25, 0.3) is 11.8 Å². The van der Waals surface area contributed by atoms with Crippen LogP contribution in [0.3, 0.4) is 0 Å². The van der Waals surface area contributed by atoms with E-state index < -0.39 is 17.1 Å². The molecule has 0 fully saturated rings. The van der Waals surface area contributed by atoms with Crippen molar-refractivity contribution in [2.45, 2.75) is 24.0 Å². The smallest absolute Gasteiger partial charge is 0.272 e. The van der Waals surface area contributed by atoms with Gasteiger partial charge in [0.2, 0.25) is 5.91 Å². The summed E-state index contributed by atoms with van der Waals surface area (Å²) in [5.41, 5.74) is 5.22. The Morgan fingerprint density at radius 3 is 2.19 bits per heavy atom. The van der Waals surface area contributed by atoms with Crippen LogP contribution in [0.4, 0.5) is 11.4 Å². The van der Waals surface area contributed by atoms with E-state index in [2.05, 4.69) is 16.0 Å². The van der Waals surface area contributed by atoms with Crippen molar-refractivity contribution in [2.75, 3.05) is 17.7 Å². The fourth-order valence-corrected chi connectivity index (χ4v) is 5.92. The monoisotopic (exact) mass is 641 g/mol. The van der Waals surface area contributed by atoms with Crippen molar-refractivity contribution in [3.8, 4) is 5.75 Å². The zero-order chi connectivity index (χ0) is 33.2. The number of nitrogens with one attached hydrogen (secondary N) is 3. The molecule has 236 valence electrons. The van der Waals surface area contributed by atoms with Crippen LogP contribution in [0, 0.1) is 13.8 Å². The van der Waals surface area contributed by atoms with E-state index in [1.54, 1.807) is 55.7 Å². The third-order valence-corrected chi connectivity index (χ3v) is 8.55. The summed E-state index contributed by atoms with van der Waals surface area (Å²) in [5.74, 6) is -0.549. The zero-order valence-corrected chi connectivity index (χ0v) is 27.1. The highest BCUT2D eigenvalue weighted by atomic mass is 32.2. The summed E-state index contributed by atoms with van der Waals surface area (Å²) >= 11 is 1.38. The van der Waals surface area contributed by atoms with Crippen molar-refractivity contribution in [3.63, 3.8) is 0 Å². The van der Waals surface area contributed by atoms with Crippen LogP contribution in [0.15, 0.2) is 138 Å². The molecule has 5 rings (SSSR count). The van der Waals surface area contributed by atoms with Crippen LogP contribution in [-0.2, 0) is 9.59 Å². The Hall–Kier alpha value is -5.60. The Balaban J connectivity index is 1.40. The van der Waals surface area contributed by atoms with Crippen molar-refractivity contribution in [3.05, 3.63) is 161 Å². The predicted molar refractivity (Wildman–Crippen MR) is 190 cm³/mol. The molecule has 0 heterocycles. The number of ether oxygens (including phenoxy) is 1. The van der Waals surface area contributed by atoms with Gasteiger partial charge in [-0.05, 0) is 79.1 Å². The maximum Gasteiger partial charge on any atom is 0.272 e. The number of aryl methyl sites for hydroxylation is 2. The van der Waals surface area contributed by atoms with Gasteiger partial charge in [-0.15, -0.1) is 11.8 Å². The minimum absolute atomic E-state index is 0.0384. The fraction of sp³-hybridized carbons (Fsp3) is 0.103. The normalized spacial score (nSPS) is 11.7. The molecule has 1 atom stereocenters. The molecule has 3 N–H and O–H groups in total. The quantitative estimate of drug-likeness (QED) is 0.0998. The molecule has 3 amide bonds.